The van der Waals surface area contributed by atoms with Gasteiger partial charge in [-0.3, -0.25) is 25.1 Å². The molecule has 2 aliphatic rings. The number of carbonyl (C=O) groups is 2. The molecule has 2 aromatic carbocycles. The Hall–Kier alpha value is -3.72. The van der Waals surface area contributed by atoms with Gasteiger partial charge >= 0.3 is 0 Å². The van der Waals surface area contributed by atoms with Crippen LogP contribution in [0.3, 0.4) is 0 Å². The number of benzene rings is 2. The van der Waals surface area contributed by atoms with Gasteiger partial charge in [0.05, 0.1) is 23.8 Å². The molecule has 4 rings (SSSR count). The number of hydrogen-bond acceptors (Lipinski definition) is 6. The van der Waals surface area contributed by atoms with Crippen LogP contribution in [-0.2, 0) is 14.3 Å². The van der Waals surface area contributed by atoms with Gasteiger partial charge < -0.3 is 9.64 Å². The third-order valence-corrected chi connectivity index (χ3v) is 4.78. The summed E-state index contributed by atoms with van der Waals surface area (Å²) in [6, 6.07) is 13.2. The summed E-state index contributed by atoms with van der Waals surface area (Å²) in [5.41, 5.74) is 4.03. The van der Waals surface area contributed by atoms with Crippen molar-refractivity contribution in [1.82, 2.24) is 5.43 Å². The van der Waals surface area contributed by atoms with Crippen molar-refractivity contribution in [2.24, 2.45) is 0 Å². The zero-order chi connectivity index (χ0) is 20.4. The molecule has 0 unspecified atom stereocenters. The van der Waals surface area contributed by atoms with E-state index in [0.29, 0.717) is 43.2 Å². The fourth-order valence-electron chi connectivity index (χ4n) is 3.34. The van der Waals surface area contributed by atoms with E-state index >= 15 is 0 Å². The average Bonchev–Trinajstić information content (AvgIpc) is 3.03. The summed E-state index contributed by atoms with van der Waals surface area (Å²) in [5.74, 6) is -1.07. The van der Waals surface area contributed by atoms with Crippen molar-refractivity contribution in [2.45, 2.75) is 0 Å². The van der Waals surface area contributed by atoms with Crippen molar-refractivity contribution < 1.29 is 19.2 Å². The largest absolute Gasteiger partial charge is 0.378 e. The van der Waals surface area contributed by atoms with Crippen LogP contribution in [-0.4, -0.2) is 43.0 Å². The number of carbonyl (C=O) groups excluding carboxylic acids is 2. The lowest BCUT2D eigenvalue weighted by Gasteiger charge is -2.30. The van der Waals surface area contributed by atoms with Gasteiger partial charge in [0.1, 0.15) is 5.57 Å². The number of nitro groups is 1. The predicted molar refractivity (Wildman–Crippen MR) is 106 cm³/mol. The Morgan fingerprint density at radius 2 is 1.79 bits per heavy atom. The first kappa shape index (κ1) is 18.6. The van der Waals surface area contributed by atoms with Crippen LogP contribution in [0.5, 0.6) is 0 Å². The van der Waals surface area contributed by atoms with Crippen LogP contribution in [0.1, 0.15) is 5.56 Å². The molecule has 1 N–H and O–H groups in total. The summed E-state index contributed by atoms with van der Waals surface area (Å²) in [6.45, 7) is 2.30. The SMILES string of the molecule is O=C1NN(c2ccccc2)C(=O)C1=Cc1cc([N+](=O)[O-])ccc1N1CCOCC1. The summed E-state index contributed by atoms with van der Waals surface area (Å²) in [5, 5.41) is 12.4. The van der Waals surface area contributed by atoms with Crippen molar-refractivity contribution >= 4 is 35.0 Å². The second kappa shape index (κ2) is 7.72. The monoisotopic (exact) mass is 394 g/mol. The van der Waals surface area contributed by atoms with Crippen molar-refractivity contribution in [3.05, 3.63) is 69.8 Å². The van der Waals surface area contributed by atoms with Crippen molar-refractivity contribution in [1.29, 1.82) is 0 Å². The lowest BCUT2D eigenvalue weighted by atomic mass is 10.1. The fraction of sp³-hybridized carbons (Fsp3) is 0.200. The molecule has 2 aliphatic heterocycles. The van der Waals surface area contributed by atoms with Gasteiger partial charge in [-0.2, -0.15) is 0 Å². The lowest BCUT2D eigenvalue weighted by Crippen LogP contribution is -2.36. The first-order valence-electron chi connectivity index (χ1n) is 9.08. The number of amides is 2. The molecular formula is C20H18N4O5. The van der Waals surface area contributed by atoms with E-state index in [1.165, 1.54) is 23.2 Å². The minimum Gasteiger partial charge on any atom is -0.378 e. The van der Waals surface area contributed by atoms with Crippen LogP contribution in [0.25, 0.3) is 6.08 Å². The van der Waals surface area contributed by atoms with Crippen LogP contribution >= 0.6 is 0 Å². The van der Waals surface area contributed by atoms with E-state index in [2.05, 4.69) is 5.43 Å². The Bertz CT molecular complexity index is 999. The zero-order valence-electron chi connectivity index (χ0n) is 15.4. The predicted octanol–water partition coefficient (Wildman–Crippen LogP) is 1.89. The molecule has 2 fully saturated rings. The number of rotatable bonds is 4. The lowest BCUT2D eigenvalue weighted by molar-refractivity contribution is -0.384. The summed E-state index contributed by atoms with van der Waals surface area (Å²) >= 11 is 0. The minimum absolute atomic E-state index is 0.0798. The Morgan fingerprint density at radius 3 is 2.48 bits per heavy atom. The number of nitrogens with zero attached hydrogens (tertiary/aromatic N) is 3. The summed E-state index contributed by atoms with van der Waals surface area (Å²) in [4.78, 5) is 38.1. The molecule has 9 nitrogen and oxygen atoms in total. The summed E-state index contributed by atoms with van der Waals surface area (Å²) in [6.07, 6.45) is 1.42. The van der Waals surface area contributed by atoms with E-state index < -0.39 is 16.7 Å². The van der Waals surface area contributed by atoms with Gasteiger partial charge in [-0.1, -0.05) is 18.2 Å². The number of hydrazine groups is 1. The van der Waals surface area contributed by atoms with E-state index in [0.717, 1.165) is 0 Å². The van der Waals surface area contributed by atoms with Gasteiger partial charge in [0, 0.05) is 36.5 Å². The molecule has 148 valence electrons. The minimum atomic E-state index is -0.557. The zero-order valence-corrected chi connectivity index (χ0v) is 15.4. The number of para-hydroxylation sites is 1. The molecule has 0 atom stereocenters. The molecule has 0 aliphatic carbocycles. The molecule has 29 heavy (non-hydrogen) atoms. The molecule has 0 saturated carbocycles. The van der Waals surface area contributed by atoms with Crippen LogP contribution in [0, 0.1) is 10.1 Å². The number of hydrogen-bond donors (Lipinski definition) is 1. The Kier molecular flexibility index (Phi) is 4.96. The van der Waals surface area contributed by atoms with Crippen LogP contribution in [0.15, 0.2) is 54.1 Å². The highest BCUT2D eigenvalue weighted by Crippen LogP contribution is 2.30. The Balaban J connectivity index is 1.74. The fourth-order valence-corrected chi connectivity index (χ4v) is 3.34. The molecule has 0 aromatic heterocycles. The maximum absolute atomic E-state index is 12.8. The Labute approximate surface area is 166 Å². The summed E-state index contributed by atoms with van der Waals surface area (Å²) in [7, 11) is 0. The summed E-state index contributed by atoms with van der Waals surface area (Å²) < 4.78 is 5.36. The maximum atomic E-state index is 12.8. The van der Waals surface area contributed by atoms with E-state index in [-0.39, 0.29) is 11.3 Å². The van der Waals surface area contributed by atoms with Crippen LogP contribution < -0.4 is 15.3 Å². The standard InChI is InChI=1S/C20H18N4O5/c25-19-17(20(26)23(21-19)15-4-2-1-3-5-15)13-14-12-16(24(27)28)6-7-18(14)22-8-10-29-11-9-22/h1-7,12-13H,8-11H2,(H,21,25). The van der Waals surface area contributed by atoms with Crippen LogP contribution in [0.4, 0.5) is 17.1 Å². The van der Waals surface area contributed by atoms with E-state index in [1.54, 1.807) is 36.4 Å². The van der Waals surface area contributed by atoms with Crippen molar-refractivity contribution in [2.75, 3.05) is 36.2 Å². The number of morpholine rings is 1. The van der Waals surface area contributed by atoms with Gasteiger partial charge in [0.2, 0.25) is 0 Å². The van der Waals surface area contributed by atoms with Crippen LogP contribution in [0.2, 0.25) is 0 Å². The van der Waals surface area contributed by atoms with Crippen molar-refractivity contribution in [3.63, 3.8) is 0 Å². The molecule has 2 saturated heterocycles. The van der Waals surface area contributed by atoms with Gasteiger partial charge in [-0.05, 0) is 24.3 Å². The van der Waals surface area contributed by atoms with E-state index in [1.807, 2.05) is 4.90 Å². The molecule has 0 spiro atoms. The first-order valence-corrected chi connectivity index (χ1v) is 9.08. The number of nitro benzene ring substituents is 1. The average molecular weight is 394 g/mol. The molecule has 0 radical (unpaired) electrons. The highest BCUT2D eigenvalue weighted by Gasteiger charge is 2.34. The molecule has 9 heteroatoms. The number of ether oxygens (including phenoxy) is 1. The van der Waals surface area contributed by atoms with Crippen molar-refractivity contribution in [3.8, 4) is 0 Å². The third-order valence-electron chi connectivity index (χ3n) is 4.78. The third kappa shape index (κ3) is 3.67. The van der Waals surface area contributed by atoms with Gasteiger partial charge in [0.15, 0.2) is 0 Å². The smallest absolute Gasteiger partial charge is 0.282 e. The maximum Gasteiger partial charge on any atom is 0.282 e. The van der Waals surface area contributed by atoms with E-state index in [4.69, 9.17) is 4.74 Å². The number of non-ortho nitro benzene ring substituents is 1. The Morgan fingerprint density at radius 1 is 1.07 bits per heavy atom. The highest BCUT2D eigenvalue weighted by atomic mass is 16.6. The molecule has 2 heterocycles. The second-order valence-electron chi connectivity index (χ2n) is 6.57. The molecular weight excluding hydrogens is 376 g/mol. The molecule has 2 aromatic rings. The van der Waals surface area contributed by atoms with Gasteiger partial charge in [-0.25, -0.2) is 5.01 Å². The van der Waals surface area contributed by atoms with Gasteiger partial charge in [-0.15, -0.1) is 0 Å². The molecule has 0 bridgehead atoms. The number of nitrogens with one attached hydrogen (secondary N) is 1. The normalized spacial score (nSPS) is 18.3. The second-order valence-corrected chi connectivity index (χ2v) is 6.57. The quantitative estimate of drug-likeness (QED) is 0.368. The number of anilines is 2. The highest BCUT2D eigenvalue weighted by molar-refractivity contribution is 6.31. The van der Waals surface area contributed by atoms with E-state index in [9.17, 15) is 19.7 Å². The topological polar surface area (TPSA) is 105 Å². The van der Waals surface area contributed by atoms with Gasteiger partial charge in [0.25, 0.3) is 17.5 Å². The first-order chi connectivity index (χ1) is 14.0. The molecule has 2 amide bonds.